The molecule has 0 fully saturated rings. The van der Waals surface area contributed by atoms with Gasteiger partial charge in [0.2, 0.25) is 0 Å². The van der Waals surface area contributed by atoms with Gasteiger partial charge < -0.3 is 9.84 Å². The maximum atomic E-state index is 12.8. The summed E-state index contributed by atoms with van der Waals surface area (Å²) in [6.45, 7) is 4.04. The lowest BCUT2D eigenvalue weighted by Crippen LogP contribution is -2.14. The predicted molar refractivity (Wildman–Crippen MR) is 127 cm³/mol. The quantitative estimate of drug-likeness (QED) is 0.301. The SMILES string of the molecule is CC(C)C(Oc1ccc(-c2ccc(C(F)(F)F)cc2)cc1)c1ccc(C(=O)CCCC(=O)O)cc1. The lowest BCUT2D eigenvalue weighted by Gasteiger charge is -2.23. The summed E-state index contributed by atoms with van der Waals surface area (Å²) in [5, 5.41) is 8.71. The monoisotopic (exact) mass is 484 g/mol. The molecule has 0 saturated carbocycles. The van der Waals surface area contributed by atoms with Gasteiger partial charge >= 0.3 is 12.1 Å². The molecule has 0 aliphatic rings. The second-order valence-corrected chi connectivity index (χ2v) is 8.67. The fourth-order valence-electron chi connectivity index (χ4n) is 3.72. The van der Waals surface area contributed by atoms with Gasteiger partial charge in [-0.2, -0.15) is 13.2 Å². The number of carboxylic acid groups (broad SMARTS) is 1. The zero-order valence-corrected chi connectivity index (χ0v) is 19.5. The molecule has 1 atom stereocenters. The molecule has 0 bridgehead atoms. The summed E-state index contributed by atoms with van der Waals surface area (Å²) in [7, 11) is 0. The first-order valence-corrected chi connectivity index (χ1v) is 11.3. The predicted octanol–water partition coefficient (Wildman–Crippen LogP) is 7.59. The van der Waals surface area contributed by atoms with E-state index in [9.17, 15) is 22.8 Å². The number of aliphatic carboxylic acids is 1. The number of carboxylic acids is 1. The molecule has 3 rings (SSSR count). The van der Waals surface area contributed by atoms with E-state index in [1.807, 2.05) is 26.0 Å². The van der Waals surface area contributed by atoms with Crippen molar-refractivity contribution in [2.45, 2.75) is 45.4 Å². The van der Waals surface area contributed by atoms with Crippen molar-refractivity contribution in [1.29, 1.82) is 0 Å². The number of alkyl halides is 3. The van der Waals surface area contributed by atoms with E-state index in [4.69, 9.17) is 9.84 Å². The topological polar surface area (TPSA) is 63.6 Å². The Labute approximate surface area is 202 Å². The third kappa shape index (κ3) is 7.18. The first kappa shape index (κ1) is 26.0. The minimum absolute atomic E-state index is 0.0370. The number of Topliss-reactive ketones (excluding diaryl/α,β-unsaturated/α-hetero) is 1. The van der Waals surface area contributed by atoms with Crippen LogP contribution in [0.5, 0.6) is 5.75 Å². The molecule has 0 aromatic heterocycles. The number of hydrogen-bond donors (Lipinski definition) is 1. The number of carbonyl (C=O) groups is 2. The van der Waals surface area contributed by atoms with Gasteiger partial charge in [-0.15, -0.1) is 0 Å². The molecule has 0 aliphatic heterocycles. The maximum absolute atomic E-state index is 12.8. The summed E-state index contributed by atoms with van der Waals surface area (Å²) in [4.78, 5) is 22.9. The Balaban J connectivity index is 1.68. The van der Waals surface area contributed by atoms with E-state index in [2.05, 4.69) is 0 Å². The van der Waals surface area contributed by atoms with Crippen LogP contribution in [0.1, 0.15) is 60.7 Å². The molecule has 3 aromatic carbocycles. The van der Waals surface area contributed by atoms with Gasteiger partial charge in [0, 0.05) is 18.4 Å². The number of ether oxygens (including phenoxy) is 1. The summed E-state index contributed by atoms with van der Waals surface area (Å²) >= 11 is 0. The van der Waals surface area contributed by atoms with Crippen molar-refractivity contribution in [2.24, 2.45) is 5.92 Å². The highest BCUT2D eigenvalue weighted by Gasteiger charge is 2.30. The number of hydrogen-bond acceptors (Lipinski definition) is 3. The number of carbonyl (C=O) groups excluding carboxylic acids is 1. The van der Waals surface area contributed by atoms with E-state index in [0.717, 1.165) is 23.3 Å². The van der Waals surface area contributed by atoms with Crippen molar-refractivity contribution in [1.82, 2.24) is 0 Å². The molecule has 1 N–H and O–H groups in total. The van der Waals surface area contributed by atoms with Crippen molar-refractivity contribution < 1.29 is 32.6 Å². The molecule has 0 heterocycles. The van der Waals surface area contributed by atoms with Crippen molar-refractivity contribution in [3.05, 3.63) is 89.5 Å². The van der Waals surface area contributed by atoms with Crippen LogP contribution in [0.3, 0.4) is 0 Å². The van der Waals surface area contributed by atoms with Crippen LogP contribution in [0.25, 0.3) is 11.1 Å². The lowest BCUT2D eigenvalue weighted by molar-refractivity contribution is -0.138. The van der Waals surface area contributed by atoms with Gasteiger partial charge in [-0.25, -0.2) is 0 Å². The highest BCUT2D eigenvalue weighted by atomic mass is 19.4. The summed E-state index contributed by atoms with van der Waals surface area (Å²) in [6, 6.07) is 19.3. The third-order valence-electron chi connectivity index (χ3n) is 5.62. The summed E-state index contributed by atoms with van der Waals surface area (Å²) in [5.41, 5.74) is 2.19. The molecule has 3 aromatic rings. The molecule has 184 valence electrons. The van der Waals surface area contributed by atoms with E-state index in [1.165, 1.54) is 12.1 Å². The zero-order valence-electron chi connectivity index (χ0n) is 19.5. The Kier molecular flexibility index (Phi) is 8.33. The second kappa shape index (κ2) is 11.2. The summed E-state index contributed by atoms with van der Waals surface area (Å²) in [6.07, 6.45) is -4.20. The zero-order chi connectivity index (χ0) is 25.6. The molecule has 0 amide bonds. The molecular weight excluding hydrogens is 457 g/mol. The Hall–Kier alpha value is -3.61. The van der Waals surface area contributed by atoms with Crippen LogP contribution in [-0.2, 0) is 11.0 Å². The van der Waals surface area contributed by atoms with E-state index in [-0.39, 0.29) is 30.6 Å². The van der Waals surface area contributed by atoms with Gasteiger partial charge in [-0.3, -0.25) is 9.59 Å². The van der Waals surface area contributed by atoms with Gasteiger partial charge in [0.25, 0.3) is 0 Å². The summed E-state index contributed by atoms with van der Waals surface area (Å²) < 4.78 is 44.6. The summed E-state index contributed by atoms with van der Waals surface area (Å²) in [5.74, 6) is -0.272. The minimum Gasteiger partial charge on any atom is -0.485 e. The van der Waals surface area contributed by atoms with Crippen LogP contribution in [0, 0.1) is 5.92 Å². The minimum atomic E-state index is -4.37. The van der Waals surface area contributed by atoms with Crippen molar-refractivity contribution in [3.63, 3.8) is 0 Å². The molecule has 0 radical (unpaired) electrons. The fourth-order valence-corrected chi connectivity index (χ4v) is 3.72. The van der Waals surface area contributed by atoms with E-state index < -0.39 is 17.7 Å². The standard InChI is InChI=1S/C28H27F3O4/c1-18(2)27(22-8-6-21(7-9-22)25(32)4-3-5-26(33)34)35-24-16-12-20(13-17-24)19-10-14-23(15-11-19)28(29,30)31/h6-18,27H,3-5H2,1-2H3,(H,33,34). The second-order valence-electron chi connectivity index (χ2n) is 8.67. The van der Waals surface area contributed by atoms with Gasteiger partial charge in [0.15, 0.2) is 5.78 Å². The normalized spacial score (nSPS) is 12.4. The molecule has 7 heteroatoms. The van der Waals surface area contributed by atoms with E-state index in [1.54, 1.807) is 36.4 Å². The highest BCUT2D eigenvalue weighted by Crippen LogP contribution is 2.33. The Morgan fingerprint density at radius 1 is 0.829 bits per heavy atom. The molecule has 35 heavy (non-hydrogen) atoms. The highest BCUT2D eigenvalue weighted by molar-refractivity contribution is 5.96. The maximum Gasteiger partial charge on any atom is 0.416 e. The van der Waals surface area contributed by atoms with Crippen LogP contribution in [-0.4, -0.2) is 16.9 Å². The molecule has 0 aliphatic carbocycles. The Bertz CT molecular complexity index is 1130. The van der Waals surface area contributed by atoms with Crippen LogP contribution >= 0.6 is 0 Å². The van der Waals surface area contributed by atoms with Crippen molar-refractivity contribution in [2.75, 3.05) is 0 Å². The number of benzene rings is 3. The van der Waals surface area contributed by atoms with Crippen LogP contribution < -0.4 is 4.74 Å². The largest absolute Gasteiger partial charge is 0.485 e. The Morgan fingerprint density at radius 2 is 1.37 bits per heavy atom. The first-order chi connectivity index (χ1) is 16.5. The van der Waals surface area contributed by atoms with Crippen LogP contribution in [0.2, 0.25) is 0 Å². The van der Waals surface area contributed by atoms with Crippen LogP contribution in [0.4, 0.5) is 13.2 Å². The molecule has 1 unspecified atom stereocenters. The number of halogens is 3. The number of rotatable bonds is 10. The van der Waals surface area contributed by atoms with Gasteiger partial charge in [0.05, 0.1) is 5.56 Å². The Morgan fingerprint density at radius 3 is 1.86 bits per heavy atom. The van der Waals surface area contributed by atoms with Crippen molar-refractivity contribution in [3.8, 4) is 16.9 Å². The van der Waals surface area contributed by atoms with Gasteiger partial charge in [-0.05, 0) is 53.3 Å². The molecule has 0 spiro atoms. The molecular formula is C28H27F3O4. The number of ketones is 1. The molecule has 4 nitrogen and oxygen atoms in total. The average Bonchev–Trinajstić information content (AvgIpc) is 2.82. The van der Waals surface area contributed by atoms with E-state index in [0.29, 0.717) is 23.3 Å². The van der Waals surface area contributed by atoms with E-state index >= 15 is 0 Å². The van der Waals surface area contributed by atoms with Gasteiger partial charge in [0.1, 0.15) is 11.9 Å². The lowest BCUT2D eigenvalue weighted by atomic mass is 9.96. The first-order valence-electron chi connectivity index (χ1n) is 11.3. The fraction of sp³-hybridized carbons (Fsp3) is 0.286. The van der Waals surface area contributed by atoms with Gasteiger partial charge in [-0.1, -0.05) is 62.4 Å². The molecule has 0 saturated heterocycles. The van der Waals surface area contributed by atoms with Crippen LogP contribution in [0.15, 0.2) is 72.8 Å². The average molecular weight is 485 g/mol. The van der Waals surface area contributed by atoms with Crippen molar-refractivity contribution >= 4 is 11.8 Å². The third-order valence-corrected chi connectivity index (χ3v) is 5.62. The smallest absolute Gasteiger partial charge is 0.416 e.